The molecule has 0 aliphatic heterocycles. The lowest BCUT2D eigenvalue weighted by Gasteiger charge is -2.10. The molecule has 1 rings (SSSR count). The summed E-state index contributed by atoms with van der Waals surface area (Å²) >= 11 is 0. The minimum absolute atomic E-state index is 0. The van der Waals surface area contributed by atoms with Gasteiger partial charge in [-0.05, 0) is 25.5 Å². The van der Waals surface area contributed by atoms with Crippen LogP contribution in [-0.2, 0) is 16.1 Å². The second kappa shape index (κ2) is 14.2. The predicted molar refractivity (Wildman–Crippen MR) is 94.3 cm³/mol. The first-order chi connectivity index (χ1) is 9.86. The second-order valence-electron chi connectivity index (χ2n) is 4.17. The highest BCUT2D eigenvalue weighted by molar-refractivity contribution is 14.0. The highest BCUT2D eigenvalue weighted by Crippen LogP contribution is 2.01. The Morgan fingerprint density at radius 2 is 2.19 bits per heavy atom. The largest absolute Gasteiger partial charge is 0.467 e. The number of guanidine groups is 1. The van der Waals surface area contributed by atoms with Crippen molar-refractivity contribution >= 4 is 29.9 Å². The number of rotatable bonds is 10. The van der Waals surface area contributed by atoms with Gasteiger partial charge in [-0.15, -0.1) is 24.0 Å². The number of methoxy groups -OCH3 is 1. The highest BCUT2D eigenvalue weighted by Gasteiger charge is 1.97. The predicted octanol–water partition coefficient (Wildman–Crippen LogP) is 2.01. The number of halogens is 1. The van der Waals surface area contributed by atoms with Crippen LogP contribution in [-0.4, -0.2) is 45.9 Å². The van der Waals surface area contributed by atoms with E-state index < -0.39 is 0 Å². The topological polar surface area (TPSA) is 68.0 Å². The zero-order chi connectivity index (χ0) is 14.5. The third kappa shape index (κ3) is 10.6. The van der Waals surface area contributed by atoms with Gasteiger partial charge < -0.3 is 24.5 Å². The van der Waals surface area contributed by atoms with E-state index >= 15 is 0 Å². The van der Waals surface area contributed by atoms with Gasteiger partial charge in [0.1, 0.15) is 12.4 Å². The summed E-state index contributed by atoms with van der Waals surface area (Å²) in [6.45, 7) is 6.20. The average Bonchev–Trinajstić information content (AvgIpc) is 2.96. The van der Waals surface area contributed by atoms with E-state index in [0.29, 0.717) is 19.8 Å². The molecule has 0 aromatic carbocycles. The maximum Gasteiger partial charge on any atom is 0.191 e. The minimum Gasteiger partial charge on any atom is -0.467 e. The van der Waals surface area contributed by atoms with Crippen molar-refractivity contribution in [2.45, 2.75) is 20.0 Å². The monoisotopic (exact) mass is 411 g/mol. The molecular weight excluding hydrogens is 385 g/mol. The fourth-order valence-electron chi connectivity index (χ4n) is 1.54. The second-order valence-corrected chi connectivity index (χ2v) is 4.17. The molecule has 21 heavy (non-hydrogen) atoms. The molecule has 0 atom stereocenters. The zero-order valence-corrected chi connectivity index (χ0v) is 15.1. The number of hydrogen-bond acceptors (Lipinski definition) is 4. The van der Waals surface area contributed by atoms with E-state index in [1.165, 1.54) is 0 Å². The first-order valence-electron chi connectivity index (χ1n) is 6.98. The number of nitrogens with one attached hydrogen (secondary N) is 2. The van der Waals surface area contributed by atoms with Crippen LogP contribution in [0.2, 0.25) is 0 Å². The van der Waals surface area contributed by atoms with E-state index in [9.17, 15) is 0 Å². The van der Waals surface area contributed by atoms with Crippen molar-refractivity contribution in [2.75, 3.05) is 40.0 Å². The van der Waals surface area contributed by atoms with Gasteiger partial charge in [-0.1, -0.05) is 0 Å². The van der Waals surface area contributed by atoms with Gasteiger partial charge >= 0.3 is 0 Å². The maximum atomic E-state index is 5.49. The van der Waals surface area contributed by atoms with Crippen molar-refractivity contribution in [3.05, 3.63) is 24.2 Å². The lowest BCUT2D eigenvalue weighted by molar-refractivity contribution is 0.105. The number of aliphatic imine (C=N–C) groups is 1. The van der Waals surface area contributed by atoms with Crippen LogP contribution >= 0.6 is 24.0 Å². The van der Waals surface area contributed by atoms with Crippen molar-refractivity contribution in [3.63, 3.8) is 0 Å². The van der Waals surface area contributed by atoms with E-state index in [1.54, 1.807) is 13.4 Å². The van der Waals surface area contributed by atoms with Crippen LogP contribution in [0, 0.1) is 0 Å². The third-order valence-electron chi connectivity index (χ3n) is 2.48. The SMILES string of the molecule is CCNC(=NCCCOCc1ccco1)NCCOC.I. The van der Waals surface area contributed by atoms with Crippen molar-refractivity contribution in [1.82, 2.24) is 10.6 Å². The zero-order valence-electron chi connectivity index (χ0n) is 12.8. The van der Waals surface area contributed by atoms with Gasteiger partial charge in [0, 0.05) is 33.4 Å². The van der Waals surface area contributed by atoms with Gasteiger partial charge in [0.25, 0.3) is 0 Å². The molecule has 1 aromatic rings. The number of ether oxygens (including phenoxy) is 2. The standard InChI is InChI=1S/C14H25N3O3.HI/c1-3-15-14(17-8-11-18-2)16-7-5-9-19-12-13-6-4-10-20-13;/h4,6,10H,3,5,7-9,11-12H2,1-2H3,(H2,15,16,17);1H. The molecule has 0 saturated carbocycles. The quantitative estimate of drug-likeness (QED) is 0.267. The van der Waals surface area contributed by atoms with Gasteiger partial charge in [0.05, 0.1) is 12.9 Å². The minimum atomic E-state index is 0. The first kappa shape index (κ1) is 20.2. The van der Waals surface area contributed by atoms with E-state index in [1.807, 2.05) is 19.1 Å². The molecular formula is C14H26IN3O3. The first-order valence-corrected chi connectivity index (χ1v) is 6.98. The van der Waals surface area contributed by atoms with E-state index in [4.69, 9.17) is 13.9 Å². The molecule has 0 radical (unpaired) electrons. The van der Waals surface area contributed by atoms with Crippen LogP contribution in [0.1, 0.15) is 19.1 Å². The molecule has 7 heteroatoms. The number of nitrogens with zero attached hydrogens (tertiary/aromatic N) is 1. The van der Waals surface area contributed by atoms with E-state index in [0.717, 1.165) is 37.8 Å². The summed E-state index contributed by atoms with van der Waals surface area (Å²) < 4.78 is 15.7. The van der Waals surface area contributed by atoms with Gasteiger partial charge in [0.15, 0.2) is 5.96 Å². The Hall–Kier alpha value is -0.800. The molecule has 6 nitrogen and oxygen atoms in total. The van der Waals surface area contributed by atoms with Crippen molar-refractivity contribution in [3.8, 4) is 0 Å². The molecule has 0 fully saturated rings. The molecule has 0 spiro atoms. The Balaban J connectivity index is 0.00000400. The summed E-state index contributed by atoms with van der Waals surface area (Å²) in [6, 6.07) is 3.76. The fourth-order valence-corrected chi connectivity index (χ4v) is 1.54. The van der Waals surface area contributed by atoms with Crippen LogP contribution in [0.3, 0.4) is 0 Å². The maximum absolute atomic E-state index is 5.49. The molecule has 0 unspecified atom stereocenters. The van der Waals surface area contributed by atoms with Crippen LogP contribution in [0.4, 0.5) is 0 Å². The van der Waals surface area contributed by atoms with Gasteiger partial charge in [0.2, 0.25) is 0 Å². The third-order valence-corrected chi connectivity index (χ3v) is 2.48. The fraction of sp³-hybridized carbons (Fsp3) is 0.643. The molecule has 0 bridgehead atoms. The van der Waals surface area contributed by atoms with Crippen LogP contribution < -0.4 is 10.6 Å². The molecule has 0 amide bonds. The highest BCUT2D eigenvalue weighted by atomic mass is 127. The van der Waals surface area contributed by atoms with Gasteiger partial charge in [-0.3, -0.25) is 4.99 Å². The number of furan rings is 1. The summed E-state index contributed by atoms with van der Waals surface area (Å²) in [5.74, 6) is 1.67. The molecule has 1 aromatic heterocycles. The summed E-state index contributed by atoms with van der Waals surface area (Å²) in [6.07, 6.45) is 2.53. The normalized spacial score (nSPS) is 11.0. The summed E-state index contributed by atoms with van der Waals surface area (Å²) in [5, 5.41) is 6.38. The van der Waals surface area contributed by atoms with Crippen LogP contribution in [0.5, 0.6) is 0 Å². The molecule has 122 valence electrons. The van der Waals surface area contributed by atoms with Crippen LogP contribution in [0.15, 0.2) is 27.8 Å². The summed E-state index contributed by atoms with van der Waals surface area (Å²) in [7, 11) is 1.68. The summed E-state index contributed by atoms with van der Waals surface area (Å²) in [4.78, 5) is 4.46. The Morgan fingerprint density at radius 3 is 2.86 bits per heavy atom. The summed E-state index contributed by atoms with van der Waals surface area (Å²) in [5.41, 5.74) is 0. The van der Waals surface area contributed by atoms with Gasteiger partial charge in [-0.25, -0.2) is 0 Å². The molecule has 0 aliphatic carbocycles. The van der Waals surface area contributed by atoms with Crippen LogP contribution in [0.25, 0.3) is 0 Å². The number of hydrogen-bond donors (Lipinski definition) is 2. The molecule has 0 aliphatic rings. The molecule has 2 N–H and O–H groups in total. The van der Waals surface area contributed by atoms with Crippen molar-refractivity contribution < 1.29 is 13.9 Å². The Labute approximate surface area is 143 Å². The van der Waals surface area contributed by atoms with E-state index in [-0.39, 0.29) is 24.0 Å². The Morgan fingerprint density at radius 1 is 1.33 bits per heavy atom. The van der Waals surface area contributed by atoms with Crippen molar-refractivity contribution in [1.29, 1.82) is 0 Å². The Bertz CT molecular complexity index is 358. The Kier molecular flexibility index (Phi) is 13.6. The smallest absolute Gasteiger partial charge is 0.191 e. The van der Waals surface area contributed by atoms with Gasteiger partial charge in [-0.2, -0.15) is 0 Å². The molecule has 1 heterocycles. The van der Waals surface area contributed by atoms with Crippen molar-refractivity contribution in [2.24, 2.45) is 4.99 Å². The lowest BCUT2D eigenvalue weighted by atomic mass is 10.4. The van der Waals surface area contributed by atoms with E-state index in [2.05, 4.69) is 15.6 Å². The average molecular weight is 411 g/mol. The molecule has 0 saturated heterocycles. The lowest BCUT2D eigenvalue weighted by Crippen LogP contribution is -2.39.